The molecule has 2 N–H and O–H groups in total. The molecule has 1 aromatic heterocycles. The molecular formula is C22H20Br2N2O4S2. The Morgan fingerprint density at radius 3 is 2.50 bits per heavy atom. The predicted octanol–water partition coefficient (Wildman–Crippen LogP) is 6.21. The quantitative estimate of drug-likeness (QED) is 0.353. The Balaban J connectivity index is 1.70. The van der Waals surface area contributed by atoms with E-state index < -0.39 is 10.0 Å². The smallest absolute Gasteiger partial charge is 0.263 e. The lowest BCUT2D eigenvalue weighted by Crippen LogP contribution is -2.19. The summed E-state index contributed by atoms with van der Waals surface area (Å²) in [6.07, 6.45) is 3.58. The number of halogens is 2. The molecular weight excluding hydrogens is 580 g/mol. The van der Waals surface area contributed by atoms with Crippen LogP contribution in [0, 0.1) is 0 Å². The number of nitrogens with one attached hydrogen (secondary N) is 2. The average Bonchev–Trinajstić information content (AvgIpc) is 3.13. The van der Waals surface area contributed by atoms with Gasteiger partial charge in [-0.3, -0.25) is 9.52 Å². The fourth-order valence-corrected chi connectivity index (χ4v) is 7.70. The van der Waals surface area contributed by atoms with E-state index in [2.05, 4.69) is 41.9 Å². The zero-order chi connectivity index (χ0) is 22.9. The zero-order valence-corrected chi connectivity index (χ0v) is 21.9. The largest absolute Gasteiger partial charge is 0.497 e. The first-order chi connectivity index (χ1) is 15.3. The number of benzene rings is 2. The highest BCUT2D eigenvalue weighted by Gasteiger charge is 2.29. The van der Waals surface area contributed by atoms with E-state index in [0.29, 0.717) is 30.9 Å². The molecule has 0 saturated carbocycles. The van der Waals surface area contributed by atoms with Gasteiger partial charge in [-0.2, -0.15) is 0 Å². The summed E-state index contributed by atoms with van der Waals surface area (Å²) in [5, 5.41) is 3.24. The van der Waals surface area contributed by atoms with Gasteiger partial charge in [-0.15, -0.1) is 11.3 Å². The summed E-state index contributed by atoms with van der Waals surface area (Å²) in [6.45, 7) is 0. The number of thiophene rings is 1. The summed E-state index contributed by atoms with van der Waals surface area (Å²) in [4.78, 5) is 14.4. The van der Waals surface area contributed by atoms with Crippen molar-refractivity contribution in [1.82, 2.24) is 0 Å². The lowest BCUT2D eigenvalue weighted by atomic mass is 9.95. The minimum absolute atomic E-state index is 0.0970. The van der Waals surface area contributed by atoms with E-state index >= 15 is 0 Å². The molecule has 0 unspecified atom stereocenters. The molecule has 1 heterocycles. The summed E-state index contributed by atoms with van der Waals surface area (Å²) in [5.41, 5.74) is 1.93. The molecule has 0 atom stereocenters. The van der Waals surface area contributed by atoms with Crippen LogP contribution in [-0.2, 0) is 22.9 Å². The molecule has 1 aliphatic rings. The van der Waals surface area contributed by atoms with Gasteiger partial charge in [-0.25, -0.2) is 8.42 Å². The number of hydrogen-bond acceptors (Lipinski definition) is 5. The van der Waals surface area contributed by atoms with Crippen molar-refractivity contribution in [3.8, 4) is 5.75 Å². The van der Waals surface area contributed by atoms with Crippen LogP contribution in [0.4, 0.5) is 10.7 Å². The van der Waals surface area contributed by atoms with Gasteiger partial charge < -0.3 is 10.1 Å². The van der Waals surface area contributed by atoms with E-state index in [4.69, 9.17) is 4.74 Å². The van der Waals surface area contributed by atoms with Gasteiger partial charge >= 0.3 is 0 Å². The van der Waals surface area contributed by atoms with Crippen molar-refractivity contribution in [3.63, 3.8) is 0 Å². The minimum Gasteiger partial charge on any atom is -0.497 e. The molecule has 0 bridgehead atoms. The highest BCUT2D eigenvalue weighted by Crippen LogP contribution is 2.40. The topological polar surface area (TPSA) is 84.5 Å². The number of anilines is 2. The second-order valence-electron chi connectivity index (χ2n) is 7.28. The molecule has 3 aromatic rings. The highest BCUT2D eigenvalue weighted by atomic mass is 79.9. The van der Waals surface area contributed by atoms with Crippen LogP contribution >= 0.6 is 43.2 Å². The summed E-state index contributed by atoms with van der Waals surface area (Å²) < 4.78 is 35.3. The van der Waals surface area contributed by atoms with Gasteiger partial charge in [0.05, 0.1) is 12.7 Å². The number of fused-ring (bicyclic) bond motifs is 1. The molecule has 0 saturated heterocycles. The van der Waals surface area contributed by atoms with Crippen molar-refractivity contribution < 1.29 is 17.9 Å². The number of rotatable bonds is 6. The SMILES string of the molecule is COc1ccc(NC(=O)c2c(NS(=O)(=O)c3cc(Br)ccc3Br)sc3c2CCCC3)cc1. The molecule has 1 amide bonds. The first-order valence-corrected chi connectivity index (χ1v) is 13.7. The zero-order valence-electron chi connectivity index (χ0n) is 17.1. The second-order valence-corrected chi connectivity index (χ2v) is 11.8. The summed E-state index contributed by atoms with van der Waals surface area (Å²) in [5.74, 6) is 0.351. The van der Waals surface area contributed by atoms with E-state index in [0.717, 1.165) is 36.1 Å². The molecule has 10 heteroatoms. The minimum atomic E-state index is -3.92. The Hall–Kier alpha value is -1.88. The number of sulfonamides is 1. The summed E-state index contributed by atoms with van der Waals surface area (Å²) >= 11 is 7.98. The fraction of sp³-hybridized carbons (Fsp3) is 0.227. The molecule has 0 radical (unpaired) electrons. The third-order valence-corrected chi connectivity index (χ3v) is 9.33. The molecule has 168 valence electrons. The Morgan fingerprint density at radius 1 is 1.06 bits per heavy atom. The molecule has 4 rings (SSSR count). The maximum Gasteiger partial charge on any atom is 0.263 e. The van der Waals surface area contributed by atoms with Crippen LogP contribution < -0.4 is 14.8 Å². The Morgan fingerprint density at radius 2 is 1.78 bits per heavy atom. The van der Waals surface area contributed by atoms with Crippen LogP contribution in [0.1, 0.15) is 33.6 Å². The van der Waals surface area contributed by atoms with Crippen LogP contribution in [0.3, 0.4) is 0 Å². The standard InChI is InChI=1S/C22H20Br2N2O4S2/c1-30-15-9-7-14(8-10-15)25-21(27)20-16-4-2-3-5-18(16)31-22(20)26-32(28,29)19-12-13(23)6-11-17(19)24/h6-12,26H,2-5H2,1H3,(H,25,27). The second kappa shape index (κ2) is 9.54. The molecule has 0 spiro atoms. The number of amides is 1. The third-order valence-electron chi connectivity index (χ3n) is 5.16. The molecule has 32 heavy (non-hydrogen) atoms. The van der Waals surface area contributed by atoms with Crippen molar-refractivity contribution in [2.24, 2.45) is 0 Å². The molecule has 0 aliphatic heterocycles. The van der Waals surface area contributed by atoms with Crippen LogP contribution in [-0.4, -0.2) is 21.4 Å². The Kier molecular flexibility index (Phi) is 6.94. The molecule has 6 nitrogen and oxygen atoms in total. The van der Waals surface area contributed by atoms with Crippen molar-refractivity contribution in [1.29, 1.82) is 0 Å². The summed E-state index contributed by atoms with van der Waals surface area (Å²) in [7, 11) is -2.34. The van der Waals surface area contributed by atoms with Gasteiger partial charge in [0.1, 0.15) is 15.6 Å². The Labute approximate surface area is 207 Å². The number of aryl methyl sites for hydroxylation is 1. The van der Waals surface area contributed by atoms with E-state index in [1.807, 2.05) is 0 Å². The maximum absolute atomic E-state index is 13.3. The van der Waals surface area contributed by atoms with Gasteiger partial charge in [0.15, 0.2) is 0 Å². The first-order valence-electron chi connectivity index (χ1n) is 9.86. The average molecular weight is 600 g/mol. The highest BCUT2D eigenvalue weighted by molar-refractivity contribution is 9.11. The lowest BCUT2D eigenvalue weighted by Gasteiger charge is -2.14. The van der Waals surface area contributed by atoms with Crippen molar-refractivity contribution in [2.75, 3.05) is 17.1 Å². The van der Waals surface area contributed by atoms with Gasteiger partial charge in [-0.05, 0) is 89.6 Å². The van der Waals surface area contributed by atoms with Crippen molar-refractivity contribution in [2.45, 2.75) is 30.6 Å². The molecule has 1 aliphatic carbocycles. The van der Waals surface area contributed by atoms with Crippen molar-refractivity contribution in [3.05, 3.63) is 67.4 Å². The molecule has 0 fully saturated rings. The van der Waals surface area contributed by atoms with E-state index in [1.54, 1.807) is 43.5 Å². The fourth-order valence-electron chi connectivity index (χ4n) is 3.61. The van der Waals surface area contributed by atoms with E-state index in [-0.39, 0.29) is 10.8 Å². The number of methoxy groups -OCH3 is 1. The number of ether oxygens (including phenoxy) is 1. The third kappa shape index (κ3) is 4.88. The van der Waals surface area contributed by atoms with Gasteiger partial charge in [0.25, 0.3) is 15.9 Å². The normalized spacial score (nSPS) is 13.3. The van der Waals surface area contributed by atoms with Crippen LogP contribution in [0.5, 0.6) is 5.75 Å². The van der Waals surface area contributed by atoms with Crippen molar-refractivity contribution >= 4 is 69.8 Å². The van der Waals surface area contributed by atoms with Gasteiger partial charge in [0.2, 0.25) is 0 Å². The van der Waals surface area contributed by atoms with Gasteiger partial charge in [-0.1, -0.05) is 15.9 Å². The number of hydrogen-bond donors (Lipinski definition) is 2. The maximum atomic E-state index is 13.3. The van der Waals surface area contributed by atoms with Gasteiger partial charge in [0, 0.05) is 19.5 Å². The monoisotopic (exact) mass is 598 g/mol. The van der Waals surface area contributed by atoms with Crippen LogP contribution in [0.15, 0.2) is 56.3 Å². The summed E-state index contributed by atoms with van der Waals surface area (Å²) in [6, 6.07) is 11.9. The predicted molar refractivity (Wildman–Crippen MR) is 135 cm³/mol. The Bertz CT molecular complexity index is 1270. The van der Waals surface area contributed by atoms with E-state index in [1.165, 1.54) is 17.4 Å². The number of carbonyl (C=O) groups is 1. The van der Waals surface area contributed by atoms with E-state index in [9.17, 15) is 13.2 Å². The first kappa shape index (κ1) is 23.3. The van der Waals surface area contributed by atoms with Crippen LogP contribution in [0.2, 0.25) is 0 Å². The molecule has 2 aromatic carbocycles. The number of carbonyl (C=O) groups excluding carboxylic acids is 1. The van der Waals surface area contributed by atoms with Crippen LogP contribution in [0.25, 0.3) is 0 Å². The lowest BCUT2D eigenvalue weighted by molar-refractivity contribution is 0.102.